The van der Waals surface area contributed by atoms with Crippen molar-refractivity contribution in [3.05, 3.63) is 48.0 Å². The number of hydrogen-bond donors (Lipinski definition) is 2. The predicted octanol–water partition coefficient (Wildman–Crippen LogP) is 0.505. The average molecular weight is 385 g/mol. The summed E-state index contributed by atoms with van der Waals surface area (Å²) in [5.74, 6) is 1.37. The van der Waals surface area contributed by atoms with Gasteiger partial charge in [-0.1, -0.05) is 6.07 Å². The molecule has 4 rings (SSSR count). The smallest absolute Gasteiger partial charge is 0.209 e. The molecule has 0 amide bonds. The van der Waals surface area contributed by atoms with Gasteiger partial charge in [0.1, 0.15) is 19.3 Å². The highest BCUT2D eigenvalue weighted by atomic mass is 15.3. The van der Waals surface area contributed by atoms with Gasteiger partial charge >= 0.3 is 0 Å². The SMILES string of the molecule is [B]c1cnn2c(NCc3cccnc3)cc(C3CCN(C(N)=NC#N)CC3)nc12. The number of likely N-dealkylation sites (tertiary alicyclic amines) is 1. The molecule has 0 unspecified atom stereocenters. The Balaban J connectivity index is 1.56. The van der Waals surface area contributed by atoms with Gasteiger partial charge in [0.15, 0.2) is 0 Å². The second-order valence-corrected chi connectivity index (χ2v) is 6.95. The average Bonchev–Trinajstić information content (AvgIpc) is 3.14. The summed E-state index contributed by atoms with van der Waals surface area (Å²) in [5.41, 5.74) is 9.06. The molecule has 0 atom stereocenters. The minimum absolute atomic E-state index is 0.263. The Hall–Kier alpha value is -3.61. The standard InChI is InChI=1S/C19H20BN9/c20-15-11-26-29-17(24-10-13-2-1-5-23-9-13)8-16(27-18(15)29)14-3-6-28(7-4-14)19(22)25-12-21/h1-2,5,8-9,11,14,24H,3-4,6-7,10H2,(H2,22,25). The van der Waals surface area contributed by atoms with Crippen LogP contribution in [0.5, 0.6) is 0 Å². The third-order valence-electron chi connectivity index (χ3n) is 5.12. The van der Waals surface area contributed by atoms with Crippen LogP contribution in [0.3, 0.4) is 0 Å². The Morgan fingerprint density at radius 2 is 2.21 bits per heavy atom. The second-order valence-electron chi connectivity index (χ2n) is 6.95. The number of piperidine rings is 1. The highest BCUT2D eigenvalue weighted by Gasteiger charge is 2.24. The molecule has 0 bridgehead atoms. The van der Waals surface area contributed by atoms with E-state index in [0.717, 1.165) is 43.0 Å². The Morgan fingerprint density at radius 1 is 1.38 bits per heavy atom. The molecule has 3 N–H and O–H groups in total. The van der Waals surface area contributed by atoms with Crippen LogP contribution in [0.1, 0.15) is 30.0 Å². The Kier molecular flexibility index (Phi) is 5.29. The summed E-state index contributed by atoms with van der Waals surface area (Å²) in [6.07, 6.45) is 8.65. The van der Waals surface area contributed by atoms with Gasteiger partial charge < -0.3 is 16.0 Å². The first kappa shape index (κ1) is 18.7. The lowest BCUT2D eigenvalue weighted by Gasteiger charge is -2.32. The van der Waals surface area contributed by atoms with Crippen LogP contribution in [-0.4, -0.2) is 51.4 Å². The fourth-order valence-electron chi connectivity index (χ4n) is 3.56. The molecule has 29 heavy (non-hydrogen) atoms. The monoisotopic (exact) mass is 385 g/mol. The first-order valence-electron chi connectivity index (χ1n) is 9.40. The second kappa shape index (κ2) is 8.18. The summed E-state index contributed by atoms with van der Waals surface area (Å²) in [7, 11) is 6.09. The number of nitriles is 1. The van der Waals surface area contributed by atoms with E-state index in [9.17, 15) is 0 Å². The van der Waals surface area contributed by atoms with E-state index < -0.39 is 0 Å². The minimum Gasteiger partial charge on any atom is -0.369 e. The van der Waals surface area contributed by atoms with Crippen LogP contribution in [0.4, 0.5) is 5.82 Å². The molecule has 4 heterocycles. The van der Waals surface area contributed by atoms with Gasteiger partial charge in [-0.05, 0) is 29.9 Å². The summed E-state index contributed by atoms with van der Waals surface area (Å²) in [5, 5.41) is 16.5. The fourth-order valence-corrected chi connectivity index (χ4v) is 3.56. The molecule has 2 radical (unpaired) electrons. The van der Waals surface area contributed by atoms with Crippen LogP contribution < -0.4 is 16.5 Å². The zero-order valence-corrected chi connectivity index (χ0v) is 15.9. The van der Waals surface area contributed by atoms with Gasteiger partial charge in [0, 0.05) is 55.9 Å². The molecule has 1 aliphatic heterocycles. The highest BCUT2D eigenvalue weighted by Crippen LogP contribution is 2.28. The first-order valence-corrected chi connectivity index (χ1v) is 9.40. The molecular formula is C19H20BN9. The molecule has 0 saturated carbocycles. The molecule has 0 aromatic carbocycles. The number of pyridine rings is 1. The number of guanidine groups is 1. The lowest BCUT2D eigenvalue weighted by Crippen LogP contribution is -2.42. The van der Waals surface area contributed by atoms with E-state index in [4.69, 9.17) is 23.8 Å². The van der Waals surface area contributed by atoms with Crippen molar-refractivity contribution in [2.24, 2.45) is 10.7 Å². The van der Waals surface area contributed by atoms with E-state index in [2.05, 4.69) is 20.4 Å². The maximum atomic E-state index is 8.68. The number of fused-ring (bicyclic) bond motifs is 1. The molecule has 9 nitrogen and oxygen atoms in total. The third-order valence-corrected chi connectivity index (χ3v) is 5.12. The summed E-state index contributed by atoms with van der Waals surface area (Å²) < 4.78 is 1.72. The highest BCUT2D eigenvalue weighted by molar-refractivity contribution is 6.36. The van der Waals surface area contributed by atoms with E-state index in [0.29, 0.717) is 17.7 Å². The first-order chi connectivity index (χ1) is 14.2. The van der Waals surface area contributed by atoms with E-state index in [1.165, 1.54) is 0 Å². The maximum absolute atomic E-state index is 8.68. The Labute approximate surface area is 169 Å². The van der Waals surface area contributed by atoms with Crippen molar-refractivity contribution < 1.29 is 0 Å². The van der Waals surface area contributed by atoms with Crippen LogP contribution in [0.15, 0.2) is 41.8 Å². The van der Waals surface area contributed by atoms with Crippen LogP contribution >= 0.6 is 0 Å². The topological polar surface area (TPSA) is 121 Å². The summed E-state index contributed by atoms with van der Waals surface area (Å²) in [6.45, 7) is 2.06. The van der Waals surface area contributed by atoms with Crippen LogP contribution in [0.2, 0.25) is 0 Å². The van der Waals surface area contributed by atoms with Gasteiger partial charge in [-0.25, -0.2) is 4.98 Å². The number of nitrogens with two attached hydrogens (primary N) is 1. The molecule has 1 aliphatic rings. The van der Waals surface area contributed by atoms with Crippen molar-refractivity contribution in [2.75, 3.05) is 18.4 Å². The molecule has 144 valence electrons. The molecule has 0 spiro atoms. The van der Waals surface area contributed by atoms with E-state index in [1.807, 2.05) is 29.3 Å². The predicted molar refractivity (Wildman–Crippen MR) is 111 cm³/mol. The fraction of sp³-hybridized carbons (Fsp3) is 0.316. The molecule has 3 aromatic rings. The number of nitrogens with one attached hydrogen (secondary N) is 1. The Bertz CT molecular complexity index is 1060. The number of anilines is 1. The number of rotatable bonds is 4. The minimum atomic E-state index is 0.263. The van der Waals surface area contributed by atoms with Gasteiger partial charge in [-0.15, -0.1) is 4.99 Å². The molecule has 1 fully saturated rings. The van der Waals surface area contributed by atoms with Gasteiger partial charge in [0.25, 0.3) is 0 Å². The van der Waals surface area contributed by atoms with Gasteiger partial charge in [0.05, 0.1) is 0 Å². The lowest BCUT2D eigenvalue weighted by atomic mass is 9.93. The zero-order chi connectivity index (χ0) is 20.2. The molecule has 10 heteroatoms. The molecule has 1 saturated heterocycles. The quantitative estimate of drug-likeness (QED) is 0.290. The number of aliphatic imine (C=N–C) groups is 1. The number of hydrogen-bond acceptors (Lipinski definition) is 6. The number of nitrogens with zero attached hydrogens (tertiary/aromatic N) is 7. The van der Waals surface area contributed by atoms with Crippen molar-refractivity contribution in [3.8, 4) is 6.19 Å². The zero-order valence-electron chi connectivity index (χ0n) is 15.9. The summed E-state index contributed by atoms with van der Waals surface area (Å²) in [6, 6.07) is 5.95. The third kappa shape index (κ3) is 3.99. The van der Waals surface area contributed by atoms with Gasteiger partial charge in [-0.2, -0.15) is 14.9 Å². The van der Waals surface area contributed by atoms with Crippen LogP contribution in [0.25, 0.3) is 5.65 Å². The van der Waals surface area contributed by atoms with Crippen molar-refractivity contribution >= 4 is 30.7 Å². The molecule has 3 aromatic heterocycles. The summed E-state index contributed by atoms with van der Waals surface area (Å²) >= 11 is 0. The number of aromatic nitrogens is 4. The van der Waals surface area contributed by atoms with Gasteiger partial charge in [0.2, 0.25) is 12.2 Å². The maximum Gasteiger partial charge on any atom is 0.209 e. The molecule has 0 aliphatic carbocycles. The van der Waals surface area contributed by atoms with E-state index in [-0.39, 0.29) is 11.9 Å². The normalized spacial score (nSPS) is 15.4. The summed E-state index contributed by atoms with van der Waals surface area (Å²) in [4.78, 5) is 14.5. The van der Waals surface area contributed by atoms with Crippen molar-refractivity contribution in [1.29, 1.82) is 5.26 Å². The van der Waals surface area contributed by atoms with E-state index >= 15 is 0 Å². The van der Waals surface area contributed by atoms with E-state index in [1.54, 1.807) is 23.1 Å². The van der Waals surface area contributed by atoms with Crippen molar-refractivity contribution in [3.63, 3.8) is 0 Å². The largest absolute Gasteiger partial charge is 0.369 e. The molecular weight excluding hydrogens is 365 g/mol. The Morgan fingerprint density at radius 3 is 2.93 bits per heavy atom. The lowest BCUT2D eigenvalue weighted by molar-refractivity contribution is 0.308. The van der Waals surface area contributed by atoms with Crippen molar-refractivity contribution in [1.82, 2.24) is 24.5 Å². The van der Waals surface area contributed by atoms with Crippen LogP contribution in [-0.2, 0) is 6.54 Å². The van der Waals surface area contributed by atoms with Gasteiger partial charge in [-0.3, -0.25) is 4.98 Å². The van der Waals surface area contributed by atoms with Crippen molar-refractivity contribution in [2.45, 2.75) is 25.3 Å². The van der Waals surface area contributed by atoms with Crippen LogP contribution in [0, 0.1) is 11.5 Å².